The van der Waals surface area contributed by atoms with Gasteiger partial charge in [0.1, 0.15) is 13.2 Å². The predicted molar refractivity (Wildman–Crippen MR) is 316 cm³/mol. The Morgan fingerprint density at radius 1 is 0.288 bits per heavy atom. The number of esters is 3. The van der Waals surface area contributed by atoms with E-state index in [2.05, 4.69) is 142 Å². The van der Waals surface area contributed by atoms with Crippen molar-refractivity contribution in [3.63, 3.8) is 0 Å². The smallest absolute Gasteiger partial charge is 0.306 e. The second-order valence-corrected chi connectivity index (χ2v) is 19.1. The van der Waals surface area contributed by atoms with E-state index in [9.17, 15) is 14.4 Å². The van der Waals surface area contributed by atoms with E-state index in [0.29, 0.717) is 19.3 Å². The van der Waals surface area contributed by atoms with Gasteiger partial charge < -0.3 is 14.2 Å². The van der Waals surface area contributed by atoms with Crippen LogP contribution in [0.25, 0.3) is 0 Å². The summed E-state index contributed by atoms with van der Waals surface area (Å²) in [7, 11) is 0. The van der Waals surface area contributed by atoms with Gasteiger partial charge in [0.25, 0.3) is 0 Å². The maximum absolute atomic E-state index is 12.9. The average Bonchev–Trinajstić information content (AvgIpc) is 3.39. The lowest BCUT2D eigenvalue weighted by Crippen LogP contribution is -2.30. The van der Waals surface area contributed by atoms with Gasteiger partial charge in [0, 0.05) is 19.3 Å². The van der Waals surface area contributed by atoms with E-state index < -0.39 is 6.10 Å². The Bertz CT molecular complexity index is 1580. The first-order chi connectivity index (χ1) is 36.0. The largest absolute Gasteiger partial charge is 0.462 e. The van der Waals surface area contributed by atoms with Crippen LogP contribution >= 0.6 is 0 Å². The molecule has 6 nitrogen and oxygen atoms in total. The fourth-order valence-electron chi connectivity index (χ4n) is 7.75. The molecule has 0 aliphatic carbocycles. The van der Waals surface area contributed by atoms with Crippen LogP contribution in [0.15, 0.2) is 134 Å². The standard InChI is InChI=1S/C67H108O6/c1-4-7-10-13-16-19-22-25-27-29-31-33-35-37-39-42-45-48-51-54-57-60-66(69)72-63-64(62-71-65(68)59-56-53-50-47-44-41-24-21-18-15-12-9-6-3)73-67(70)61-58-55-52-49-46-43-40-38-36-34-32-30-28-26-23-20-17-14-11-8-5-2/h7,9-10,12,16,18-19,21,23,25-27,30-33,37,39,41,44,50,53,64H,4-6,8,11,13-15,17,20,22,24,28-29,34-36,38,40,42-43,45-49,51-52,54-63H2,1-3H3/b10-7-,12-9-,19-16-,21-18-,26-23-,27-25-,32-30-,33-31-,39-37-,44-41-,53-50-. The summed E-state index contributed by atoms with van der Waals surface area (Å²) in [5.74, 6) is -1.02. The summed E-state index contributed by atoms with van der Waals surface area (Å²) in [4.78, 5) is 38.2. The van der Waals surface area contributed by atoms with Gasteiger partial charge in [-0.3, -0.25) is 14.4 Å². The number of unbranched alkanes of at least 4 members (excludes halogenated alkanes) is 19. The zero-order chi connectivity index (χ0) is 52.9. The molecule has 6 heteroatoms. The van der Waals surface area contributed by atoms with Crippen molar-refractivity contribution in [3.8, 4) is 0 Å². The molecule has 0 heterocycles. The number of rotatable bonds is 52. The fraction of sp³-hybridized carbons (Fsp3) is 0.627. The first kappa shape index (κ1) is 68.6. The van der Waals surface area contributed by atoms with Gasteiger partial charge in [-0.1, -0.05) is 244 Å². The van der Waals surface area contributed by atoms with E-state index in [1.807, 2.05) is 12.2 Å². The van der Waals surface area contributed by atoms with Crippen LogP contribution in [-0.2, 0) is 28.6 Å². The van der Waals surface area contributed by atoms with Crippen molar-refractivity contribution in [3.05, 3.63) is 134 Å². The predicted octanol–water partition coefficient (Wildman–Crippen LogP) is 20.2. The Morgan fingerprint density at radius 2 is 0.562 bits per heavy atom. The number of carbonyl (C=O) groups is 3. The molecule has 0 saturated carbocycles. The minimum absolute atomic E-state index is 0.116. The molecule has 0 aliphatic rings. The molecule has 0 amide bonds. The highest BCUT2D eigenvalue weighted by Crippen LogP contribution is 2.14. The third kappa shape index (κ3) is 58.3. The summed E-state index contributed by atoms with van der Waals surface area (Å²) in [6.45, 7) is 6.31. The highest BCUT2D eigenvalue weighted by atomic mass is 16.6. The van der Waals surface area contributed by atoms with Crippen molar-refractivity contribution in [1.29, 1.82) is 0 Å². The van der Waals surface area contributed by atoms with Crippen LogP contribution in [0.5, 0.6) is 0 Å². The van der Waals surface area contributed by atoms with Crippen LogP contribution in [0.1, 0.15) is 252 Å². The molecule has 0 fully saturated rings. The number of ether oxygens (including phenoxy) is 3. The molecule has 1 atom stereocenters. The van der Waals surface area contributed by atoms with E-state index in [1.54, 1.807) is 0 Å². The normalized spacial score (nSPS) is 13.1. The first-order valence-corrected chi connectivity index (χ1v) is 29.7. The van der Waals surface area contributed by atoms with Gasteiger partial charge in [0.05, 0.1) is 0 Å². The van der Waals surface area contributed by atoms with E-state index in [1.165, 1.54) is 83.5 Å². The minimum atomic E-state index is -0.823. The number of hydrogen-bond donors (Lipinski definition) is 0. The highest BCUT2D eigenvalue weighted by molar-refractivity contribution is 5.71. The summed E-state index contributed by atoms with van der Waals surface area (Å²) >= 11 is 0. The van der Waals surface area contributed by atoms with Gasteiger partial charge in [-0.15, -0.1) is 0 Å². The van der Waals surface area contributed by atoms with Gasteiger partial charge in [-0.05, 0) is 122 Å². The van der Waals surface area contributed by atoms with Crippen molar-refractivity contribution in [2.75, 3.05) is 13.2 Å². The Hall–Kier alpha value is -4.45. The van der Waals surface area contributed by atoms with Crippen molar-refractivity contribution in [2.45, 2.75) is 258 Å². The lowest BCUT2D eigenvalue weighted by atomic mass is 10.1. The Balaban J connectivity index is 4.47. The van der Waals surface area contributed by atoms with Gasteiger partial charge in [-0.2, -0.15) is 0 Å². The third-order valence-corrected chi connectivity index (χ3v) is 12.1. The zero-order valence-corrected chi connectivity index (χ0v) is 47.1. The molecule has 0 N–H and O–H groups in total. The fourth-order valence-corrected chi connectivity index (χ4v) is 7.75. The molecule has 0 aromatic heterocycles. The Kier molecular flexibility index (Phi) is 56.4. The van der Waals surface area contributed by atoms with Crippen LogP contribution in [0.4, 0.5) is 0 Å². The topological polar surface area (TPSA) is 78.9 Å². The second kappa shape index (κ2) is 60.1. The maximum atomic E-state index is 12.9. The molecule has 1 unspecified atom stereocenters. The minimum Gasteiger partial charge on any atom is -0.462 e. The van der Waals surface area contributed by atoms with Crippen molar-refractivity contribution < 1.29 is 28.6 Å². The quantitative estimate of drug-likeness (QED) is 0.0261. The van der Waals surface area contributed by atoms with Crippen molar-refractivity contribution in [2.24, 2.45) is 0 Å². The lowest BCUT2D eigenvalue weighted by Gasteiger charge is -2.18. The van der Waals surface area contributed by atoms with E-state index in [-0.39, 0.29) is 37.5 Å². The van der Waals surface area contributed by atoms with Gasteiger partial charge in [0.2, 0.25) is 0 Å². The summed E-state index contributed by atoms with van der Waals surface area (Å²) in [5.41, 5.74) is 0. The molecule has 0 bridgehead atoms. The number of hydrogen-bond acceptors (Lipinski definition) is 6. The van der Waals surface area contributed by atoms with E-state index >= 15 is 0 Å². The molecule has 73 heavy (non-hydrogen) atoms. The molecule has 0 rings (SSSR count). The van der Waals surface area contributed by atoms with Crippen molar-refractivity contribution in [1.82, 2.24) is 0 Å². The van der Waals surface area contributed by atoms with Crippen molar-refractivity contribution >= 4 is 17.9 Å². The maximum Gasteiger partial charge on any atom is 0.306 e. The zero-order valence-electron chi connectivity index (χ0n) is 47.1. The summed E-state index contributed by atoms with van der Waals surface area (Å²) in [5, 5.41) is 0. The molecule has 0 aromatic carbocycles. The molecule has 0 aliphatic heterocycles. The number of carbonyl (C=O) groups excluding carboxylic acids is 3. The molecule has 0 aromatic rings. The van der Waals surface area contributed by atoms with Crippen LogP contribution in [0.2, 0.25) is 0 Å². The Labute approximate surface area is 449 Å². The molecule has 0 saturated heterocycles. The van der Waals surface area contributed by atoms with Crippen LogP contribution < -0.4 is 0 Å². The molecular weight excluding hydrogens is 901 g/mol. The average molecular weight is 1010 g/mol. The third-order valence-electron chi connectivity index (χ3n) is 12.1. The van der Waals surface area contributed by atoms with Crippen LogP contribution in [-0.4, -0.2) is 37.2 Å². The highest BCUT2D eigenvalue weighted by Gasteiger charge is 2.19. The second-order valence-electron chi connectivity index (χ2n) is 19.1. The summed E-state index contributed by atoms with van der Waals surface area (Å²) in [6.07, 6.45) is 84.6. The summed E-state index contributed by atoms with van der Waals surface area (Å²) in [6, 6.07) is 0. The molecular formula is C67H108O6. The van der Waals surface area contributed by atoms with Gasteiger partial charge >= 0.3 is 17.9 Å². The van der Waals surface area contributed by atoms with Gasteiger partial charge in [-0.25, -0.2) is 0 Å². The number of allylic oxidation sites excluding steroid dienone is 22. The monoisotopic (exact) mass is 1010 g/mol. The molecule has 0 radical (unpaired) electrons. The van der Waals surface area contributed by atoms with E-state index in [4.69, 9.17) is 14.2 Å². The SMILES string of the molecule is CC/C=C\C/C=C\C/C=C\C/C=C\C/C=C\CCCCCCCC(=O)OCC(COC(=O)CC/C=C\C/C=C\C/C=C\C/C=C\CC)OC(=O)CCCCCCCCCCC/C=C\C/C=C\CCCCCCC. The first-order valence-electron chi connectivity index (χ1n) is 29.7. The Morgan fingerprint density at radius 3 is 0.918 bits per heavy atom. The summed E-state index contributed by atoms with van der Waals surface area (Å²) < 4.78 is 16.8. The van der Waals surface area contributed by atoms with Crippen LogP contribution in [0, 0.1) is 0 Å². The van der Waals surface area contributed by atoms with Crippen LogP contribution in [0.3, 0.4) is 0 Å². The molecule has 412 valence electrons. The lowest BCUT2D eigenvalue weighted by molar-refractivity contribution is -0.166. The van der Waals surface area contributed by atoms with Gasteiger partial charge in [0.15, 0.2) is 6.10 Å². The van der Waals surface area contributed by atoms with E-state index in [0.717, 1.165) is 122 Å². The molecule has 0 spiro atoms.